The summed E-state index contributed by atoms with van der Waals surface area (Å²) in [4.78, 5) is 29.1. The Kier molecular flexibility index (Phi) is 4.61. The summed E-state index contributed by atoms with van der Waals surface area (Å²) in [5.41, 5.74) is 7.34. The van der Waals surface area contributed by atoms with Gasteiger partial charge in [-0.25, -0.2) is 0 Å². The second-order valence-electron chi connectivity index (χ2n) is 7.86. The molecule has 6 nitrogen and oxygen atoms in total. The van der Waals surface area contributed by atoms with Gasteiger partial charge in [0.2, 0.25) is 11.8 Å². The Morgan fingerprint density at radius 2 is 2.08 bits per heavy atom. The molecule has 1 aliphatic heterocycles. The average Bonchev–Trinajstić information content (AvgIpc) is 3.24. The third kappa shape index (κ3) is 3.07. The van der Waals surface area contributed by atoms with Gasteiger partial charge in [0.05, 0.1) is 19.6 Å². The Morgan fingerprint density at radius 1 is 1.27 bits per heavy atom. The Balaban J connectivity index is 1.37. The van der Waals surface area contributed by atoms with Gasteiger partial charge in [-0.05, 0) is 48.8 Å². The number of benzene rings is 1. The van der Waals surface area contributed by atoms with Crippen LogP contribution in [0.4, 0.5) is 0 Å². The molecule has 1 aromatic rings. The van der Waals surface area contributed by atoms with E-state index in [0.29, 0.717) is 31.5 Å². The lowest BCUT2D eigenvalue weighted by atomic mass is 9.84. The van der Waals surface area contributed by atoms with Crippen molar-refractivity contribution in [2.24, 2.45) is 23.5 Å². The molecule has 4 atom stereocenters. The topological polar surface area (TPSA) is 75.9 Å². The van der Waals surface area contributed by atoms with Crippen molar-refractivity contribution >= 4 is 11.8 Å². The molecular weight excluding hydrogens is 330 g/mol. The number of carbonyl (C=O) groups excluding carboxylic acids is 2. The van der Waals surface area contributed by atoms with E-state index in [4.69, 9.17) is 10.5 Å². The molecule has 140 valence electrons. The fourth-order valence-corrected chi connectivity index (χ4v) is 4.97. The molecule has 26 heavy (non-hydrogen) atoms. The van der Waals surface area contributed by atoms with Crippen LogP contribution >= 0.6 is 0 Å². The monoisotopic (exact) mass is 357 g/mol. The molecule has 1 saturated heterocycles. The third-order valence-electron chi connectivity index (χ3n) is 6.40. The molecule has 4 rings (SSSR count). The first kappa shape index (κ1) is 17.3. The maximum Gasteiger partial charge on any atom is 0.242 e. The number of fused-ring (bicyclic) bond motifs is 2. The molecule has 2 aliphatic carbocycles. The highest BCUT2D eigenvalue weighted by Gasteiger charge is 2.50. The predicted octanol–water partition coefficient (Wildman–Crippen LogP) is 1.24. The van der Waals surface area contributed by atoms with Gasteiger partial charge in [-0.1, -0.05) is 12.1 Å². The van der Waals surface area contributed by atoms with E-state index in [2.05, 4.69) is 0 Å². The van der Waals surface area contributed by atoms with Crippen LogP contribution in [0.2, 0.25) is 0 Å². The zero-order valence-electron chi connectivity index (χ0n) is 15.3. The summed E-state index contributed by atoms with van der Waals surface area (Å²) in [5.74, 6) is 1.73. The van der Waals surface area contributed by atoms with E-state index in [1.165, 1.54) is 0 Å². The molecule has 2 saturated carbocycles. The summed E-state index contributed by atoms with van der Waals surface area (Å²) < 4.78 is 5.24. The lowest BCUT2D eigenvalue weighted by molar-refractivity contribution is -0.149. The molecule has 2 bridgehead atoms. The second kappa shape index (κ2) is 6.91. The highest BCUT2D eigenvalue weighted by Crippen LogP contribution is 2.48. The van der Waals surface area contributed by atoms with Crippen molar-refractivity contribution in [2.75, 3.05) is 26.7 Å². The quantitative estimate of drug-likeness (QED) is 0.880. The van der Waals surface area contributed by atoms with Crippen LogP contribution in [0.5, 0.6) is 5.75 Å². The standard InChI is InChI=1S/C20H27N3O3/c1-26-16-4-2-3-13(9-16)11-22-7-8-23(12-17(22)24)20(25)18-14-5-6-15(10-14)19(18)21/h2-4,9,14-15,18-19H,5-8,10-12,21H2,1H3/t14-,15+,18-,19+/m0/s1. The SMILES string of the molecule is COc1cccc(CN2CCN(C(=O)[C@H]3[C@H]4CC[C@H](C4)[C@H]3N)CC2=O)c1. The first-order valence-electron chi connectivity index (χ1n) is 9.52. The van der Waals surface area contributed by atoms with Crippen LogP contribution in [0, 0.1) is 17.8 Å². The second-order valence-corrected chi connectivity index (χ2v) is 7.86. The van der Waals surface area contributed by atoms with Crippen molar-refractivity contribution in [1.82, 2.24) is 9.80 Å². The molecule has 3 aliphatic rings. The smallest absolute Gasteiger partial charge is 0.242 e. The minimum Gasteiger partial charge on any atom is -0.497 e. The first-order chi connectivity index (χ1) is 12.6. The van der Waals surface area contributed by atoms with E-state index < -0.39 is 0 Å². The van der Waals surface area contributed by atoms with Crippen molar-refractivity contribution in [2.45, 2.75) is 31.8 Å². The molecule has 0 radical (unpaired) electrons. The summed E-state index contributed by atoms with van der Waals surface area (Å²) in [6, 6.07) is 7.72. The molecule has 3 fully saturated rings. The molecule has 1 heterocycles. The summed E-state index contributed by atoms with van der Waals surface area (Å²) in [6.45, 7) is 1.88. The summed E-state index contributed by atoms with van der Waals surface area (Å²) >= 11 is 0. The molecule has 0 aromatic heterocycles. The predicted molar refractivity (Wildman–Crippen MR) is 97.3 cm³/mol. The molecule has 0 spiro atoms. The summed E-state index contributed by atoms with van der Waals surface area (Å²) in [6.07, 6.45) is 3.35. The minimum atomic E-state index is -0.0773. The van der Waals surface area contributed by atoms with Crippen LogP contribution in [-0.4, -0.2) is 54.4 Å². The van der Waals surface area contributed by atoms with Crippen LogP contribution < -0.4 is 10.5 Å². The maximum atomic E-state index is 13.0. The van der Waals surface area contributed by atoms with Crippen molar-refractivity contribution in [3.8, 4) is 5.75 Å². The normalized spacial score (nSPS) is 30.8. The number of carbonyl (C=O) groups is 2. The fraction of sp³-hybridized carbons (Fsp3) is 0.600. The van der Waals surface area contributed by atoms with Gasteiger partial charge in [-0.3, -0.25) is 9.59 Å². The Labute approximate surface area is 154 Å². The van der Waals surface area contributed by atoms with Crippen LogP contribution in [0.3, 0.4) is 0 Å². The van der Waals surface area contributed by atoms with E-state index in [-0.39, 0.29) is 30.3 Å². The average molecular weight is 357 g/mol. The van der Waals surface area contributed by atoms with Crippen LogP contribution in [0.1, 0.15) is 24.8 Å². The molecule has 0 unspecified atom stereocenters. The van der Waals surface area contributed by atoms with Crippen molar-refractivity contribution < 1.29 is 14.3 Å². The number of rotatable bonds is 4. The number of nitrogens with zero attached hydrogens (tertiary/aromatic N) is 2. The Hall–Kier alpha value is -2.08. The molecule has 1 aromatic carbocycles. The highest BCUT2D eigenvalue weighted by molar-refractivity contribution is 5.87. The van der Waals surface area contributed by atoms with Crippen molar-refractivity contribution in [3.05, 3.63) is 29.8 Å². The molecule has 6 heteroatoms. The van der Waals surface area contributed by atoms with Gasteiger partial charge in [0.25, 0.3) is 0 Å². The Morgan fingerprint density at radius 3 is 2.77 bits per heavy atom. The van der Waals surface area contributed by atoms with Gasteiger partial charge < -0.3 is 20.3 Å². The molecule has 2 amide bonds. The van der Waals surface area contributed by atoms with E-state index in [1.54, 1.807) is 12.0 Å². The van der Waals surface area contributed by atoms with Gasteiger partial charge in [-0.15, -0.1) is 0 Å². The maximum absolute atomic E-state index is 13.0. The number of piperazine rings is 1. The lowest BCUT2D eigenvalue weighted by Gasteiger charge is -2.38. The van der Waals surface area contributed by atoms with Crippen molar-refractivity contribution in [3.63, 3.8) is 0 Å². The number of methoxy groups -OCH3 is 1. The Bertz CT molecular complexity index is 705. The van der Waals surface area contributed by atoms with E-state index in [1.807, 2.05) is 29.2 Å². The molecule has 2 N–H and O–H groups in total. The summed E-state index contributed by atoms with van der Waals surface area (Å²) in [5, 5.41) is 0. The number of amides is 2. The lowest BCUT2D eigenvalue weighted by Crippen LogP contribution is -2.55. The van der Waals surface area contributed by atoms with E-state index >= 15 is 0 Å². The van der Waals surface area contributed by atoms with Gasteiger partial charge in [0.1, 0.15) is 5.75 Å². The van der Waals surface area contributed by atoms with Gasteiger partial charge in [0, 0.05) is 25.7 Å². The number of hydrogen-bond acceptors (Lipinski definition) is 4. The van der Waals surface area contributed by atoms with Crippen LogP contribution in [0.15, 0.2) is 24.3 Å². The minimum absolute atomic E-state index is 0.00384. The van der Waals surface area contributed by atoms with Gasteiger partial charge in [-0.2, -0.15) is 0 Å². The zero-order chi connectivity index (χ0) is 18.3. The fourth-order valence-electron chi connectivity index (χ4n) is 4.97. The third-order valence-corrected chi connectivity index (χ3v) is 6.40. The van der Waals surface area contributed by atoms with Crippen LogP contribution in [0.25, 0.3) is 0 Å². The largest absolute Gasteiger partial charge is 0.497 e. The number of hydrogen-bond donors (Lipinski definition) is 1. The van der Waals surface area contributed by atoms with E-state index in [9.17, 15) is 9.59 Å². The first-order valence-corrected chi connectivity index (χ1v) is 9.52. The summed E-state index contributed by atoms with van der Waals surface area (Å²) in [7, 11) is 1.63. The number of ether oxygens (including phenoxy) is 1. The molecular formula is C20H27N3O3. The van der Waals surface area contributed by atoms with E-state index in [0.717, 1.165) is 30.6 Å². The van der Waals surface area contributed by atoms with Gasteiger partial charge >= 0.3 is 0 Å². The van der Waals surface area contributed by atoms with Crippen molar-refractivity contribution in [1.29, 1.82) is 0 Å². The zero-order valence-corrected chi connectivity index (χ0v) is 15.3. The highest BCUT2D eigenvalue weighted by atomic mass is 16.5. The van der Waals surface area contributed by atoms with Crippen LogP contribution in [-0.2, 0) is 16.1 Å². The number of nitrogens with two attached hydrogens (primary N) is 1. The van der Waals surface area contributed by atoms with Gasteiger partial charge in [0.15, 0.2) is 0 Å².